The van der Waals surface area contributed by atoms with Gasteiger partial charge in [-0.2, -0.15) is 0 Å². The number of nitrogens with zero attached hydrogens (tertiary/aromatic N) is 1. The molecule has 0 radical (unpaired) electrons. The zero-order valence-electron chi connectivity index (χ0n) is 13.4. The molecule has 0 aliphatic rings. The van der Waals surface area contributed by atoms with Gasteiger partial charge in [0.2, 0.25) is 0 Å². The Morgan fingerprint density at radius 1 is 1.00 bits per heavy atom. The largest absolute Gasteiger partial charge is 0.459 e. The van der Waals surface area contributed by atoms with Gasteiger partial charge in [-0.05, 0) is 39.5 Å². The molecular weight excluding hydrogens is 226 g/mol. The van der Waals surface area contributed by atoms with E-state index in [-0.39, 0.29) is 12.0 Å². The van der Waals surface area contributed by atoms with Crippen molar-refractivity contribution in [3.8, 4) is 0 Å². The fraction of sp³-hybridized carbons (Fsp3) is 0.933. The van der Waals surface area contributed by atoms with Crippen molar-refractivity contribution in [1.82, 2.24) is 4.90 Å². The van der Waals surface area contributed by atoms with Crippen LogP contribution in [0, 0.1) is 11.8 Å². The number of hydrogen-bond donors (Lipinski definition) is 0. The maximum absolute atomic E-state index is 12.1. The zero-order valence-corrected chi connectivity index (χ0v) is 13.4. The average Bonchev–Trinajstić information content (AvgIpc) is 2.11. The van der Waals surface area contributed by atoms with Gasteiger partial charge in [-0.25, -0.2) is 0 Å². The highest BCUT2D eigenvalue weighted by Gasteiger charge is 2.27. The lowest BCUT2D eigenvalue weighted by molar-refractivity contribution is -0.161. The van der Waals surface area contributed by atoms with Crippen molar-refractivity contribution in [3.05, 3.63) is 0 Å². The van der Waals surface area contributed by atoms with Gasteiger partial charge in [0.1, 0.15) is 11.6 Å². The van der Waals surface area contributed by atoms with Crippen LogP contribution in [0.5, 0.6) is 0 Å². The van der Waals surface area contributed by atoms with Crippen molar-refractivity contribution < 1.29 is 9.53 Å². The Labute approximate surface area is 113 Å². The molecule has 0 bridgehead atoms. The molecule has 0 N–H and O–H groups in total. The fourth-order valence-corrected chi connectivity index (χ4v) is 1.86. The predicted molar refractivity (Wildman–Crippen MR) is 76.6 cm³/mol. The molecule has 108 valence electrons. The highest BCUT2D eigenvalue weighted by Crippen LogP contribution is 2.14. The molecule has 0 saturated carbocycles. The molecule has 0 heterocycles. The first-order valence-electron chi connectivity index (χ1n) is 6.99. The third kappa shape index (κ3) is 7.70. The Balaban J connectivity index is 4.62. The molecule has 1 atom stereocenters. The molecule has 0 aromatic rings. The van der Waals surface area contributed by atoms with E-state index in [1.54, 1.807) is 0 Å². The average molecular weight is 257 g/mol. The minimum atomic E-state index is -0.410. The second kappa shape index (κ2) is 7.13. The summed E-state index contributed by atoms with van der Waals surface area (Å²) < 4.78 is 5.46. The van der Waals surface area contributed by atoms with Crippen LogP contribution in [0.4, 0.5) is 0 Å². The number of hydrogen-bond acceptors (Lipinski definition) is 3. The van der Waals surface area contributed by atoms with Crippen LogP contribution in [0.15, 0.2) is 0 Å². The van der Waals surface area contributed by atoms with Gasteiger partial charge in [-0.1, -0.05) is 27.7 Å². The number of rotatable bonds is 6. The van der Waals surface area contributed by atoms with Crippen molar-refractivity contribution in [2.24, 2.45) is 11.8 Å². The molecule has 0 amide bonds. The lowest BCUT2D eigenvalue weighted by atomic mass is 10.1. The van der Waals surface area contributed by atoms with E-state index in [2.05, 4.69) is 32.6 Å². The molecule has 0 rings (SSSR count). The van der Waals surface area contributed by atoms with E-state index in [1.165, 1.54) is 0 Å². The monoisotopic (exact) mass is 257 g/mol. The minimum Gasteiger partial charge on any atom is -0.459 e. The van der Waals surface area contributed by atoms with Crippen LogP contribution in [0.25, 0.3) is 0 Å². The van der Waals surface area contributed by atoms with Gasteiger partial charge in [-0.15, -0.1) is 0 Å². The van der Waals surface area contributed by atoms with E-state index in [1.807, 2.05) is 27.7 Å². The highest BCUT2D eigenvalue weighted by atomic mass is 16.6. The van der Waals surface area contributed by atoms with Crippen molar-refractivity contribution >= 4 is 5.97 Å². The Morgan fingerprint density at radius 3 is 1.67 bits per heavy atom. The van der Waals surface area contributed by atoms with Crippen LogP contribution in [-0.2, 0) is 9.53 Å². The highest BCUT2D eigenvalue weighted by molar-refractivity contribution is 5.75. The van der Waals surface area contributed by atoms with Gasteiger partial charge in [0, 0.05) is 13.1 Å². The van der Waals surface area contributed by atoms with Gasteiger partial charge >= 0.3 is 5.97 Å². The van der Waals surface area contributed by atoms with Gasteiger partial charge in [-0.3, -0.25) is 9.69 Å². The van der Waals surface area contributed by atoms with E-state index < -0.39 is 5.60 Å². The smallest absolute Gasteiger partial charge is 0.323 e. The van der Waals surface area contributed by atoms with E-state index >= 15 is 0 Å². The molecule has 0 aliphatic heterocycles. The maximum atomic E-state index is 12.1. The molecule has 3 heteroatoms. The summed E-state index contributed by atoms with van der Waals surface area (Å²) in [5, 5.41) is 0. The van der Waals surface area contributed by atoms with E-state index in [9.17, 15) is 4.79 Å². The normalized spacial score (nSPS) is 14.4. The molecule has 0 aromatic carbocycles. The van der Waals surface area contributed by atoms with Crippen LogP contribution < -0.4 is 0 Å². The molecule has 18 heavy (non-hydrogen) atoms. The summed E-state index contributed by atoms with van der Waals surface area (Å²) >= 11 is 0. The molecule has 0 saturated heterocycles. The minimum absolute atomic E-state index is 0.121. The van der Waals surface area contributed by atoms with Crippen molar-refractivity contribution in [1.29, 1.82) is 0 Å². The number of carbonyl (C=O) groups excluding carboxylic acids is 1. The zero-order chi connectivity index (χ0) is 14.5. The van der Waals surface area contributed by atoms with E-state index in [0.29, 0.717) is 11.8 Å². The second-order valence-corrected chi connectivity index (χ2v) is 6.95. The third-order valence-electron chi connectivity index (χ3n) is 2.49. The first-order chi connectivity index (χ1) is 8.03. The molecule has 1 unspecified atom stereocenters. The molecule has 0 fully saturated rings. The van der Waals surface area contributed by atoms with Crippen LogP contribution in [0.2, 0.25) is 0 Å². The van der Waals surface area contributed by atoms with Gasteiger partial charge < -0.3 is 4.74 Å². The molecule has 0 spiro atoms. The number of esters is 1. The Kier molecular flexibility index (Phi) is 6.90. The Hall–Kier alpha value is -0.570. The summed E-state index contributed by atoms with van der Waals surface area (Å²) in [4.78, 5) is 14.3. The van der Waals surface area contributed by atoms with Crippen LogP contribution in [0.3, 0.4) is 0 Å². The van der Waals surface area contributed by atoms with Gasteiger partial charge in [0.05, 0.1) is 0 Å². The summed E-state index contributed by atoms with van der Waals surface area (Å²) in [5.74, 6) is 0.978. The van der Waals surface area contributed by atoms with Crippen molar-refractivity contribution in [3.63, 3.8) is 0 Å². The quantitative estimate of drug-likeness (QED) is 0.684. The Morgan fingerprint density at radius 2 is 1.39 bits per heavy atom. The molecule has 0 aromatic heterocycles. The Bertz CT molecular complexity index is 244. The first kappa shape index (κ1) is 17.4. The topological polar surface area (TPSA) is 29.5 Å². The van der Waals surface area contributed by atoms with Crippen molar-refractivity contribution in [2.45, 2.75) is 67.0 Å². The summed E-state index contributed by atoms with van der Waals surface area (Å²) in [5.41, 5.74) is -0.410. The molecule has 0 aliphatic carbocycles. The summed E-state index contributed by atoms with van der Waals surface area (Å²) in [7, 11) is 0. The number of ether oxygens (including phenoxy) is 1. The van der Waals surface area contributed by atoms with E-state index in [0.717, 1.165) is 13.1 Å². The van der Waals surface area contributed by atoms with Crippen LogP contribution in [0.1, 0.15) is 55.4 Å². The number of carbonyl (C=O) groups is 1. The van der Waals surface area contributed by atoms with Crippen molar-refractivity contribution in [2.75, 3.05) is 13.1 Å². The van der Waals surface area contributed by atoms with Gasteiger partial charge in [0.15, 0.2) is 0 Å². The van der Waals surface area contributed by atoms with Crippen LogP contribution >= 0.6 is 0 Å². The summed E-state index contributed by atoms with van der Waals surface area (Å²) in [6, 6.07) is -0.172. The fourth-order valence-electron chi connectivity index (χ4n) is 1.86. The van der Waals surface area contributed by atoms with Crippen LogP contribution in [-0.4, -0.2) is 35.6 Å². The predicted octanol–water partition coefficient (Wildman–Crippen LogP) is 3.33. The second-order valence-electron chi connectivity index (χ2n) is 6.95. The van der Waals surface area contributed by atoms with Gasteiger partial charge in [0.25, 0.3) is 0 Å². The lowest BCUT2D eigenvalue weighted by Gasteiger charge is -2.32. The summed E-state index contributed by atoms with van der Waals surface area (Å²) in [6.45, 7) is 18.2. The summed E-state index contributed by atoms with van der Waals surface area (Å²) in [6.07, 6.45) is 0. The van der Waals surface area contributed by atoms with E-state index in [4.69, 9.17) is 4.74 Å². The maximum Gasteiger partial charge on any atom is 0.323 e. The SMILES string of the molecule is CC(C)CN(CC(C)C)C(C)C(=O)OC(C)(C)C. The standard InChI is InChI=1S/C15H31NO2/c1-11(2)9-16(10-12(3)4)13(5)14(17)18-15(6,7)8/h11-13H,9-10H2,1-8H3. The first-order valence-corrected chi connectivity index (χ1v) is 6.99. The molecule has 3 nitrogen and oxygen atoms in total. The molecular formula is C15H31NO2. The lowest BCUT2D eigenvalue weighted by Crippen LogP contribution is -2.45. The third-order valence-corrected chi connectivity index (χ3v) is 2.49.